The number of methoxy groups -OCH3 is 1. The minimum absolute atomic E-state index is 0.0579. The molecule has 0 fully saturated rings. The minimum atomic E-state index is -0.586. The number of nitrogens with two attached hydrogens (primary N) is 1. The lowest BCUT2D eigenvalue weighted by Crippen LogP contribution is -2.22. The number of carbonyl (C=O) groups excluding carboxylic acids is 1. The van der Waals surface area contributed by atoms with E-state index in [1.165, 1.54) is 19.2 Å². The third kappa shape index (κ3) is 6.39. The number of nitrogens with zero attached hydrogens (tertiary/aromatic N) is 1. The van der Waals surface area contributed by atoms with Crippen LogP contribution in [0.2, 0.25) is 0 Å². The third-order valence-electron chi connectivity index (χ3n) is 6.99. The second-order valence-corrected chi connectivity index (χ2v) is 9.93. The van der Waals surface area contributed by atoms with Gasteiger partial charge in [-0.2, -0.15) is 5.26 Å². The number of esters is 1. The average Bonchev–Trinajstić information content (AvgIpc) is 2.99. The van der Waals surface area contributed by atoms with Crippen molar-refractivity contribution in [1.82, 2.24) is 0 Å². The smallest absolute Gasteiger partial charge is 0.349 e. The predicted molar refractivity (Wildman–Crippen MR) is 157 cm³/mol. The molecule has 0 amide bonds. The van der Waals surface area contributed by atoms with Gasteiger partial charge in [-0.3, -0.25) is 0 Å². The molecule has 1 unspecified atom stereocenters. The van der Waals surface area contributed by atoms with E-state index in [2.05, 4.69) is 6.07 Å². The van der Waals surface area contributed by atoms with Crippen LogP contribution in [0.4, 0.5) is 4.39 Å². The molecule has 0 saturated carbocycles. The zero-order chi connectivity index (χ0) is 30.5. The molecule has 0 spiro atoms. The Labute approximate surface area is 248 Å². The van der Waals surface area contributed by atoms with Gasteiger partial charge in [0, 0.05) is 11.6 Å². The number of hydrogen-bond donors (Lipinski definition) is 1. The number of nitriles is 1. The summed E-state index contributed by atoms with van der Waals surface area (Å²) < 4.78 is 41.7. The van der Waals surface area contributed by atoms with E-state index >= 15 is 0 Å². The number of hydrogen-bond acceptors (Lipinski definition) is 8. The first-order valence-electron chi connectivity index (χ1n) is 13.4. The number of halogens is 1. The first-order valence-corrected chi connectivity index (χ1v) is 13.4. The summed E-state index contributed by atoms with van der Waals surface area (Å²) in [5.74, 6) is 0.596. The molecule has 1 aliphatic heterocycles. The van der Waals surface area contributed by atoms with Crippen LogP contribution in [0.3, 0.4) is 0 Å². The van der Waals surface area contributed by atoms with Crippen LogP contribution in [0.1, 0.15) is 33.7 Å². The van der Waals surface area contributed by atoms with Crippen molar-refractivity contribution in [1.29, 1.82) is 5.26 Å². The van der Waals surface area contributed by atoms with Crippen molar-refractivity contribution in [3.05, 3.63) is 124 Å². The summed E-state index contributed by atoms with van der Waals surface area (Å²) in [6, 6.07) is 24.1. The zero-order valence-electron chi connectivity index (χ0n) is 23.8. The van der Waals surface area contributed by atoms with Crippen molar-refractivity contribution in [3.8, 4) is 34.8 Å². The molecule has 0 saturated heterocycles. The Morgan fingerprint density at radius 1 is 0.977 bits per heavy atom. The van der Waals surface area contributed by atoms with E-state index in [1.54, 1.807) is 42.5 Å². The number of carbonyl (C=O) groups is 1. The monoisotopic (exact) mass is 580 g/mol. The topological polar surface area (TPSA) is 113 Å². The second-order valence-electron chi connectivity index (χ2n) is 9.93. The summed E-state index contributed by atoms with van der Waals surface area (Å²) in [5, 5.41) is 9.96. The molecule has 0 radical (unpaired) electrons. The summed E-state index contributed by atoms with van der Waals surface area (Å²) >= 11 is 0. The van der Waals surface area contributed by atoms with Crippen molar-refractivity contribution in [3.63, 3.8) is 0 Å². The van der Waals surface area contributed by atoms with Crippen LogP contribution in [0.5, 0.6) is 28.7 Å². The summed E-state index contributed by atoms with van der Waals surface area (Å²) in [5.41, 5.74) is 10.4. The maximum atomic E-state index is 13.2. The molecule has 0 bridgehead atoms. The summed E-state index contributed by atoms with van der Waals surface area (Å²) in [6.45, 7) is 3.75. The fraction of sp³-hybridized carbons (Fsp3) is 0.176. The van der Waals surface area contributed by atoms with Gasteiger partial charge in [0.15, 0.2) is 18.1 Å². The van der Waals surface area contributed by atoms with Crippen LogP contribution in [0.25, 0.3) is 0 Å². The first-order chi connectivity index (χ1) is 20.8. The fourth-order valence-corrected chi connectivity index (χ4v) is 4.89. The number of ether oxygens (including phenoxy) is 5. The molecule has 4 aromatic rings. The van der Waals surface area contributed by atoms with Crippen LogP contribution in [0.15, 0.2) is 90.3 Å². The number of rotatable bonds is 9. The Morgan fingerprint density at radius 2 is 1.72 bits per heavy atom. The number of aryl methyl sites for hydroxylation is 2. The number of fused-ring (bicyclic) bond motifs is 1. The van der Waals surface area contributed by atoms with Gasteiger partial charge in [0.25, 0.3) is 0 Å². The molecule has 5 rings (SSSR count). The van der Waals surface area contributed by atoms with E-state index in [9.17, 15) is 14.4 Å². The molecule has 1 aliphatic rings. The Hall–Kier alpha value is -5.49. The van der Waals surface area contributed by atoms with Crippen molar-refractivity contribution in [2.45, 2.75) is 26.4 Å². The molecule has 4 aromatic carbocycles. The maximum Gasteiger partial charge on any atom is 0.349 e. The van der Waals surface area contributed by atoms with Gasteiger partial charge in [-0.25, -0.2) is 9.18 Å². The largest absolute Gasteiger partial charge is 0.493 e. The third-order valence-corrected chi connectivity index (χ3v) is 6.99. The Morgan fingerprint density at radius 3 is 2.42 bits per heavy atom. The van der Waals surface area contributed by atoms with Gasteiger partial charge >= 0.3 is 5.97 Å². The van der Waals surface area contributed by atoms with Crippen molar-refractivity contribution in [2.24, 2.45) is 5.73 Å². The van der Waals surface area contributed by atoms with E-state index in [0.717, 1.165) is 16.7 Å². The van der Waals surface area contributed by atoms with Crippen molar-refractivity contribution >= 4 is 5.97 Å². The van der Waals surface area contributed by atoms with Crippen molar-refractivity contribution < 1.29 is 32.9 Å². The number of benzene rings is 4. The molecule has 2 N–H and O–H groups in total. The van der Waals surface area contributed by atoms with E-state index in [-0.39, 0.29) is 36.2 Å². The van der Waals surface area contributed by atoms with Gasteiger partial charge in [-0.15, -0.1) is 0 Å². The average molecular weight is 581 g/mol. The van der Waals surface area contributed by atoms with E-state index in [1.807, 2.05) is 38.1 Å². The lowest BCUT2D eigenvalue weighted by molar-refractivity contribution is -0.136. The molecule has 9 heteroatoms. The second kappa shape index (κ2) is 12.6. The van der Waals surface area contributed by atoms with Gasteiger partial charge in [0.2, 0.25) is 5.88 Å². The molecule has 8 nitrogen and oxygen atoms in total. The van der Waals surface area contributed by atoms with Crippen LogP contribution in [-0.2, 0) is 11.4 Å². The zero-order valence-corrected chi connectivity index (χ0v) is 23.8. The highest BCUT2D eigenvalue weighted by atomic mass is 19.1. The molecule has 0 aromatic heterocycles. The summed E-state index contributed by atoms with van der Waals surface area (Å²) in [7, 11) is 1.52. The summed E-state index contributed by atoms with van der Waals surface area (Å²) in [6.07, 6.45) is 0. The lowest BCUT2D eigenvalue weighted by atomic mass is 9.83. The van der Waals surface area contributed by atoms with Crippen LogP contribution < -0.4 is 29.4 Å². The minimum Gasteiger partial charge on any atom is -0.493 e. The van der Waals surface area contributed by atoms with Crippen LogP contribution >= 0.6 is 0 Å². The standard InChI is InChI=1S/C34H29FN2O6/c1-20-5-4-6-21(2)33(20)41-19-31(38)42-25-12-13-26-29(16-25)43-34(37)27(17-36)32(26)23-9-14-28(30(15-23)39-3)40-18-22-7-10-24(35)11-8-22/h4-16,32H,18-19,37H2,1-3H3. The first kappa shape index (κ1) is 29.0. The van der Waals surface area contributed by atoms with E-state index < -0.39 is 11.9 Å². The fourth-order valence-electron chi connectivity index (χ4n) is 4.89. The predicted octanol–water partition coefficient (Wildman–Crippen LogP) is 6.23. The van der Waals surface area contributed by atoms with Crippen LogP contribution in [-0.4, -0.2) is 19.7 Å². The Balaban J connectivity index is 1.36. The Kier molecular flexibility index (Phi) is 8.49. The molecular weight excluding hydrogens is 551 g/mol. The molecule has 218 valence electrons. The van der Waals surface area contributed by atoms with Crippen molar-refractivity contribution in [2.75, 3.05) is 13.7 Å². The molecule has 43 heavy (non-hydrogen) atoms. The lowest BCUT2D eigenvalue weighted by Gasteiger charge is -2.27. The highest BCUT2D eigenvalue weighted by molar-refractivity contribution is 5.74. The highest BCUT2D eigenvalue weighted by Gasteiger charge is 2.32. The van der Waals surface area contributed by atoms with Gasteiger partial charge < -0.3 is 29.4 Å². The number of allylic oxidation sites excluding steroid dienone is 1. The van der Waals surface area contributed by atoms with Crippen LogP contribution in [0, 0.1) is 31.0 Å². The van der Waals surface area contributed by atoms with Gasteiger partial charge in [0.05, 0.1) is 13.0 Å². The van der Waals surface area contributed by atoms with Gasteiger partial charge in [-0.05, 0) is 66.4 Å². The molecule has 0 aliphatic carbocycles. The molecule has 1 atom stereocenters. The Bertz CT molecular complexity index is 1720. The SMILES string of the molecule is COc1cc(C2C(C#N)=C(N)Oc3cc(OC(=O)COc4c(C)cccc4C)ccc32)ccc1OCc1ccc(F)cc1. The van der Waals surface area contributed by atoms with E-state index in [4.69, 9.17) is 29.4 Å². The number of para-hydroxylation sites is 1. The molecule has 1 heterocycles. The highest BCUT2D eigenvalue weighted by Crippen LogP contribution is 2.45. The normalized spacial score (nSPS) is 13.8. The quantitative estimate of drug-likeness (QED) is 0.183. The maximum absolute atomic E-state index is 13.2. The van der Waals surface area contributed by atoms with E-state index in [0.29, 0.717) is 34.1 Å². The van der Waals surface area contributed by atoms with Gasteiger partial charge in [0.1, 0.15) is 41.3 Å². The molecular formula is C34H29FN2O6. The van der Waals surface area contributed by atoms with Gasteiger partial charge in [-0.1, -0.05) is 42.5 Å². The summed E-state index contributed by atoms with van der Waals surface area (Å²) in [4.78, 5) is 12.6.